The molecule has 1 fully saturated rings. The zero-order chi connectivity index (χ0) is 13.0. The van der Waals surface area contributed by atoms with Crippen LogP contribution in [0.3, 0.4) is 0 Å². The van der Waals surface area contributed by atoms with Crippen LogP contribution in [0, 0.1) is 11.8 Å². The molecule has 3 nitrogen and oxygen atoms in total. The Morgan fingerprint density at radius 2 is 2.11 bits per heavy atom. The Kier molecular flexibility index (Phi) is 4.48. The Hall–Kier alpha value is -1.22. The van der Waals surface area contributed by atoms with Gasteiger partial charge in [0.1, 0.15) is 5.69 Å². The van der Waals surface area contributed by atoms with E-state index < -0.39 is 0 Å². The highest BCUT2D eigenvalue weighted by atomic mass is 16.1. The minimum atomic E-state index is 0.162. The molecule has 0 bridgehead atoms. The van der Waals surface area contributed by atoms with Crippen molar-refractivity contribution in [1.82, 2.24) is 10.3 Å². The number of hydrogen-bond donors (Lipinski definition) is 1. The first kappa shape index (κ1) is 13.2. The van der Waals surface area contributed by atoms with Gasteiger partial charge in [-0.25, -0.2) is 0 Å². The van der Waals surface area contributed by atoms with Gasteiger partial charge in [0, 0.05) is 12.1 Å². The van der Waals surface area contributed by atoms with Crippen LogP contribution in [0.4, 0.5) is 0 Å². The molecule has 1 aliphatic rings. The van der Waals surface area contributed by atoms with E-state index >= 15 is 0 Å². The van der Waals surface area contributed by atoms with Gasteiger partial charge in [-0.05, 0) is 49.9 Å². The predicted molar refractivity (Wildman–Crippen MR) is 72.7 cm³/mol. The largest absolute Gasteiger partial charge is 0.317 e. The number of piperidine rings is 1. The van der Waals surface area contributed by atoms with Gasteiger partial charge in [-0.2, -0.15) is 0 Å². The number of rotatable bonds is 4. The predicted octanol–water partition coefficient (Wildman–Crippen LogP) is 2.46. The van der Waals surface area contributed by atoms with Crippen LogP contribution in [0.2, 0.25) is 0 Å². The third-order valence-electron chi connectivity index (χ3n) is 3.43. The number of carbonyl (C=O) groups is 1. The zero-order valence-electron chi connectivity index (χ0n) is 11.3. The maximum Gasteiger partial charge on any atom is 0.184 e. The average molecular weight is 246 g/mol. The van der Waals surface area contributed by atoms with E-state index in [9.17, 15) is 4.79 Å². The normalized spacial score (nSPS) is 17.1. The SMILES string of the molecule is CC(C)Cc1ccc(C(=O)C2CCNCC2)nc1. The van der Waals surface area contributed by atoms with E-state index in [4.69, 9.17) is 0 Å². The maximum atomic E-state index is 12.2. The minimum Gasteiger partial charge on any atom is -0.317 e. The number of Topliss-reactive ketones (excluding diaryl/α,β-unsaturated/α-hetero) is 1. The molecule has 0 radical (unpaired) electrons. The highest BCUT2D eigenvalue weighted by molar-refractivity contribution is 5.96. The fourth-order valence-electron chi connectivity index (χ4n) is 2.46. The second-order valence-corrected chi connectivity index (χ2v) is 5.54. The smallest absolute Gasteiger partial charge is 0.184 e. The van der Waals surface area contributed by atoms with Crippen molar-refractivity contribution < 1.29 is 4.79 Å². The van der Waals surface area contributed by atoms with Crippen LogP contribution in [-0.4, -0.2) is 23.9 Å². The Balaban J connectivity index is 2.02. The second kappa shape index (κ2) is 6.10. The molecule has 0 unspecified atom stereocenters. The minimum absolute atomic E-state index is 0.162. The molecule has 3 heteroatoms. The molecule has 0 aromatic carbocycles. The van der Waals surface area contributed by atoms with Crippen molar-refractivity contribution in [3.05, 3.63) is 29.6 Å². The van der Waals surface area contributed by atoms with Crippen molar-refractivity contribution in [2.45, 2.75) is 33.1 Å². The summed E-state index contributed by atoms with van der Waals surface area (Å²) < 4.78 is 0. The molecule has 98 valence electrons. The van der Waals surface area contributed by atoms with Gasteiger partial charge in [-0.15, -0.1) is 0 Å². The first-order valence-electron chi connectivity index (χ1n) is 6.86. The molecule has 1 saturated heterocycles. The lowest BCUT2D eigenvalue weighted by Gasteiger charge is -2.21. The first-order valence-corrected chi connectivity index (χ1v) is 6.86. The topological polar surface area (TPSA) is 42.0 Å². The van der Waals surface area contributed by atoms with Gasteiger partial charge in [0.05, 0.1) is 0 Å². The zero-order valence-corrected chi connectivity index (χ0v) is 11.3. The molecular weight excluding hydrogens is 224 g/mol. The number of carbonyl (C=O) groups excluding carboxylic acids is 1. The number of hydrogen-bond acceptors (Lipinski definition) is 3. The van der Waals surface area contributed by atoms with Crippen molar-refractivity contribution in [2.75, 3.05) is 13.1 Å². The second-order valence-electron chi connectivity index (χ2n) is 5.54. The van der Waals surface area contributed by atoms with Gasteiger partial charge in [-0.1, -0.05) is 19.9 Å². The van der Waals surface area contributed by atoms with Crippen molar-refractivity contribution in [1.29, 1.82) is 0 Å². The molecule has 0 spiro atoms. The summed E-state index contributed by atoms with van der Waals surface area (Å²) >= 11 is 0. The van der Waals surface area contributed by atoms with Gasteiger partial charge in [0.2, 0.25) is 0 Å². The molecular formula is C15H22N2O. The molecule has 1 aromatic rings. The van der Waals surface area contributed by atoms with Crippen LogP contribution in [-0.2, 0) is 6.42 Å². The Morgan fingerprint density at radius 1 is 1.39 bits per heavy atom. The van der Waals surface area contributed by atoms with E-state index in [0.717, 1.165) is 32.4 Å². The van der Waals surface area contributed by atoms with Gasteiger partial charge < -0.3 is 5.32 Å². The van der Waals surface area contributed by atoms with E-state index in [1.54, 1.807) is 0 Å². The Bertz CT molecular complexity index is 391. The highest BCUT2D eigenvalue weighted by Crippen LogP contribution is 2.17. The molecule has 0 amide bonds. The number of pyridine rings is 1. The van der Waals surface area contributed by atoms with Crippen LogP contribution in [0.25, 0.3) is 0 Å². The number of nitrogens with zero attached hydrogens (tertiary/aromatic N) is 1. The summed E-state index contributed by atoms with van der Waals surface area (Å²) in [7, 11) is 0. The van der Waals surface area contributed by atoms with E-state index in [1.807, 2.05) is 18.3 Å². The molecule has 2 heterocycles. The van der Waals surface area contributed by atoms with Gasteiger partial charge in [0.25, 0.3) is 0 Å². The highest BCUT2D eigenvalue weighted by Gasteiger charge is 2.22. The van der Waals surface area contributed by atoms with Gasteiger partial charge in [-0.3, -0.25) is 9.78 Å². The molecule has 1 N–H and O–H groups in total. The monoisotopic (exact) mass is 246 g/mol. The number of ketones is 1. The van der Waals surface area contributed by atoms with Crippen LogP contribution in [0.15, 0.2) is 18.3 Å². The molecule has 0 aliphatic carbocycles. The summed E-state index contributed by atoms with van der Waals surface area (Å²) in [6.07, 6.45) is 4.76. The standard InChI is InChI=1S/C15H22N2O/c1-11(2)9-12-3-4-14(17-10-12)15(18)13-5-7-16-8-6-13/h3-4,10-11,13,16H,5-9H2,1-2H3. The van der Waals surface area contributed by atoms with E-state index in [1.165, 1.54) is 5.56 Å². The Labute approximate surface area is 109 Å². The van der Waals surface area contributed by atoms with Crippen LogP contribution in [0.5, 0.6) is 0 Å². The molecule has 2 rings (SSSR count). The van der Waals surface area contributed by atoms with Crippen molar-refractivity contribution in [3.8, 4) is 0 Å². The fraction of sp³-hybridized carbons (Fsp3) is 0.600. The molecule has 0 atom stereocenters. The summed E-state index contributed by atoms with van der Waals surface area (Å²) in [6, 6.07) is 3.93. The molecule has 1 aliphatic heterocycles. The molecule has 18 heavy (non-hydrogen) atoms. The lowest BCUT2D eigenvalue weighted by atomic mass is 9.91. The molecule has 0 saturated carbocycles. The average Bonchev–Trinajstić information content (AvgIpc) is 2.39. The Morgan fingerprint density at radius 3 is 2.67 bits per heavy atom. The summed E-state index contributed by atoms with van der Waals surface area (Å²) in [6.45, 7) is 6.27. The quantitative estimate of drug-likeness (QED) is 0.830. The van der Waals surface area contributed by atoms with E-state index in [-0.39, 0.29) is 11.7 Å². The third-order valence-corrected chi connectivity index (χ3v) is 3.43. The van der Waals surface area contributed by atoms with Crippen LogP contribution < -0.4 is 5.32 Å². The lowest BCUT2D eigenvalue weighted by molar-refractivity contribution is 0.0890. The fourth-order valence-corrected chi connectivity index (χ4v) is 2.46. The number of aromatic nitrogens is 1. The first-order chi connectivity index (χ1) is 8.66. The number of nitrogens with one attached hydrogen (secondary N) is 1. The summed E-state index contributed by atoms with van der Waals surface area (Å²) in [5.41, 5.74) is 1.85. The maximum absolute atomic E-state index is 12.2. The van der Waals surface area contributed by atoms with Gasteiger partial charge in [0.15, 0.2) is 5.78 Å². The summed E-state index contributed by atoms with van der Waals surface area (Å²) in [4.78, 5) is 16.6. The van der Waals surface area contributed by atoms with Crippen LogP contribution >= 0.6 is 0 Å². The van der Waals surface area contributed by atoms with E-state index in [0.29, 0.717) is 11.6 Å². The van der Waals surface area contributed by atoms with Crippen molar-refractivity contribution in [3.63, 3.8) is 0 Å². The van der Waals surface area contributed by atoms with Crippen molar-refractivity contribution >= 4 is 5.78 Å². The van der Waals surface area contributed by atoms with Crippen molar-refractivity contribution in [2.24, 2.45) is 11.8 Å². The third kappa shape index (κ3) is 3.39. The lowest BCUT2D eigenvalue weighted by Crippen LogP contribution is -2.32. The van der Waals surface area contributed by atoms with Gasteiger partial charge >= 0.3 is 0 Å². The summed E-state index contributed by atoms with van der Waals surface area (Å²) in [5, 5.41) is 3.28. The molecule has 1 aromatic heterocycles. The summed E-state index contributed by atoms with van der Waals surface area (Å²) in [5.74, 6) is 1.00. The van der Waals surface area contributed by atoms with E-state index in [2.05, 4.69) is 24.1 Å². The van der Waals surface area contributed by atoms with Crippen LogP contribution in [0.1, 0.15) is 42.7 Å².